The summed E-state index contributed by atoms with van der Waals surface area (Å²) in [5, 5.41) is 6.30. The molecular weight excluding hydrogens is 606 g/mol. The SMILES string of the molecule is COC(=O)c1ccc(NC(=O)Cc2ccc(-c3cccc4c3OC(C)(c3ccc(Cl)cc3F)O4)c(F)c2)c(NCC2CCO2)c1. The lowest BCUT2D eigenvalue weighted by Gasteiger charge is -2.27. The third-order valence-electron chi connectivity index (χ3n) is 7.72. The molecule has 4 aromatic rings. The van der Waals surface area contributed by atoms with Gasteiger partial charge >= 0.3 is 5.97 Å². The largest absolute Gasteiger partial charge is 0.465 e. The van der Waals surface area contributed by atoms with Crippen molar-refractivity contribution in [2.75, 3.05) is 30.9 Å². The van der Waals surface area contributed by atoms with E-state index in [1.165, 1.54) is 31.4 Å². The van der Waals surface area contributed by atoms with E-state index in [4.69, 9.17) is 30.5 Å². The van der Waals surface area contributed by atoms with Crippen LogP contribution in [0.25, 0.3) is 11.1 Å². The van der Waals surface area contributed by atoms with E-state index in [1.807, 2.05) is 0 Å². The lowest BCUT2D eigenvalue weighted by Crippen LogP contribution is -2.33. The van der Waals surface area contributed by atoms with Gasteiger partial charge in [-0.1, -0.05) is 35.9 Å². The molecule has 4 aromatic carbocycles. The van der Waals surface area contributed by atoms with Crippen LogP contribution in [0.5, 0.6) is 11.5 Å². The number of esters is 1. The minimum Gasteiger partial charge on any atom is -0.465 e. The first-order chi connectivity index (χ1) is 21.6. The molecular formula is C34H29ClF2N2O6. The van der Waals surface area contributed by atoms with Crippen LogP contribution >= 0.6 is 11.6 Å². The Bertz CT molecular complexity index is 1800. The summed E-state index contributed by atoms with van der Waals surface area (Å²) in [7, 11) is 1.29. The van der Waals surface area contributed by atoms with Crippen molar-refractivity contribution in [3.63, 3.8) is 0 Å². The van der Waals surface area contributed by atoms with Crippen molar-refractivity contribution >= 4 is 34.9 Å². The van der Waals surface area contributed by atoms with Gasteiger partial charge in [-0.25, -0.2) is 13.6 Å². The summed E-state index contributed by atoms with van der Waals surface area (Å²) < 4.78 is 52.7. The number of rotatable bonds is 9. The molecule has 0 aliphatic carbocycles. The second kappa shape index (κ2) is 12.4. The third kappa shape index (κ3) is 6.29. The summed E-state index contributed by atoms with van der Waals surface area (Å²) in [6.45, 7) is 2.78. The summed E-state index contributed by atoms with van der Waals surface area (Å²) in [6.07, 6.45) is 0.853. The molecule has 0 radical (unpaired) electrons. The molecule has 0 spiro atoms. The fourth-order valence-corrected chi connectivity index (χ4v) is 5.45. The van der Waals surface area contributed by atoms with Gasteiger partial charge in [-0.15, -0.1) is 0 Å². The Kier molecular flexibility index (Phi) is 8.35. The fraction of sp³-hybridized carbons (Fsp3) is 0.235. The normalized spacial score (nSPS) is 18.2. The Morgan fingerprint density at radius 3 is 2.51 bits per heavy atom. The summed E-state index contributed by atoms with van der Waals surface area (Å²) in [4.78, 5) is 25.1. The van der Waals surface area contributed by atoms with Gasteiger partial charge in [0, 0.05) is 36.2 Å². The minimum atomic E-state index is -1.49. The Balaban J connectivity index is 1.18. The molecule has 0 bridgehead atoms. The highest BCUT2D eigenvalue weighted by Crippen LogP contribution is 2.50. The number of benzene rings is 4. The Morgan fingerprint density at radius 1 is 0.978 bits per heavy atom. The Labute approximate surface area is 263 Å². The van der Waals surface area contributed by atoms with Gasteiger partial charge in [0.15, 0.2) is 11.5 Å². The van der Waals surface area contributed by atoms with E-state index in [2.05, 4.69) is 10.6 Å². The lowest BCUT2D eigenvalue weighted by molar-refractivity contribution is -0.115. The molecule has 1 saturated heterocycles. The van der Waals surface area contributed by atoms with E-state index in [1.54, 1.807) is 55.5 Å². The number of carbonyl (C=O) groups is 2. The van der Waals surface area contributed by atoms with Crippen LogP contribution in [0.4, 0.5) is 20.2 Å². The standard InChI is InChI=1S/C34H29ClF2N2O6/c1-34(25-10-8-21(35)17-27(25)37)44-30-5-3-4-24(32(30)45-34)23-9-6-19(14-26(23)36)15-31(40)39-28-11-7-20(33(41)42-2)16-29(28)38-18-22-12-13-43-22/h3-11,14,16-17,22,38H,12-13,15,18H2,1-2H3,(H,39,40). The van der Waals surface area contributed by atoms with Crippen LogP contribution in [0.15, 0.2) is 72.8 Å². The van der Waals surface area contributed by atoms with Crippen LogP contribution in [0.3, 0.4) is 0 Å². The summed E-state index contributed by atoms with van der Waals surface area (Å²) in [5.41, 5.74) is 2.54. The summed E-state index contributed by atoms with van der Waals surface area (Å²) in [6, 6.07) is 18.5. The maximum atomic E-state index is 15.6. The molecule has 2 atom stereocenters. The monoisotopic (exact) mass is 634 g/mol. The highest BCUT2D eigenvalue weighted by atomic mass is 35.5. The molecule has 6 rings (SSSR count). The number of para-hydroxylation sites is 1. The van der Waals surface area contributed by atoms with Gasteiger partial charge in [-0.2, -0.15) is 0 Å². The highest BCUT2D eigenvalue weighted by molar-refractivity contribution is 6.30. The predicted octanol–water partition coefficient (Wildman–Crippen LogP) is 7.10. The van der Waals surface area contributed by atoms with Crippen LogP contribution in [0.2, 0.25) is 5.02 Å². The van der Waals surface area contributed by atoms with Crippen molar-refractivity contribution in [1.29, 1.82) is 0 Å². The minimum absolute atomic E-state index is 0.0481. The second-order valence-corrected chi connectivity index (χ2v) is 11.3. The number of hydrogen-bond donors (Lipinski definition) is 2. The van der Waals surface area contributed by atoms with Crippen molar-refractivity contribution < 1.29 is 37.3 Å². The van der Waals surface area contributed by atoms with Gasteiger partial charge in [0.05, 0.1) is 42.1 Å². The molecule has 2 aliphatic heterocycles. The lowest BCUT2D eigenvalue weighted by atomic mass is 10.0. The highest BCUT2D eigenvalue weighted by Gasteiger charge is 2.42. The molecule has 0 aromatic heterocycles. The van der Waals surface area contributed by atoms with Crippen LogP contribution in [0, 0.1) is 11.6 Å². The predicted molar refractivity (Wildman–Crippen MR) is 165 cm³/mol. The smallest absolute Gasteiger partial charge is 0.337 e. The fourth-order valence-electron chi connectivity index (χ4n) is 5.29. The van der Waals surface area contributed by atoms with Crippen LogP contribution in [-0.4, -0.2) is 38.2 Å². The first-order valence-electron chi connectivity index (χ1n) is 14.3. The molecule has 11 heteroatoms. The Morgan fingerprint density at radius 2 is 1.80 bits per heavy atom. The van der Waals surface area contributed by atoms with Crippen LogP contribution in [-0.2, 0) is 26.5 Å². The second-order valence-electron chi connectivity index (χ2n) is 10.9. The first kappa shape index (κ1) is 30.4. The number of ether oxygens (including phenoxy) is 4. The average molecular weight is 635 g/mol. The van der Waals surface area contributed by atoms with E-state index in [-0.39, 0.29) is 40.3 Å². The van der Waals surface area contributed by atoms with Crippen molar-refractivity contribution in [2.24, 2.45) is 0 Å². The number of halogens is 3. The molecule has 8 nitrogen and oxygen atoms in total. The number of amides is 1. The average Bonchev–Trinajstić information content (AvgIpc) is 3.34. The van der Waals surface area contributed by atoms with Gasteiger partial charge in [0.2, 0.25) is 5.91 Å². The number of hydrogen-bond acceptors (Lipinski definition) is 7. The van der Waals surface area contributed by atoms with Gasteiger partial charge in [0.25, 0.3) is 5.79 Å². The first-order valence-corrected chi connectivity index (χ1v) is 14.6. The number of nitrogens with one attached hydrogen (secondary N) is 2. The molecule has 2 N–H and O–H groups in total. The van der Waals surface area contributed by atoms with E-state index in [0.29, 0.717) is 47.0 Å². The van der Waals surface area contributed by atoms with E-state index in [0.717, 1.165) is 6.42 Å². The summed E-state index contributed by atoms with van der Waals surface area (Å²) in [5.74, 6) is -2.95. The third-order valence-corrected chi connectivity index (χ3v) is 7.95. The topological polar surface area (TPSA) is 95.1 Å². The number of fused-ring (bicyclic) bond motifs is 1. The van der Waals surface area contributed by atoms with Gasteiger partial charge in [0.1, 0.15) is 11.6 Å². The maximum absolute atomic E-state index is 15.6. The van der Waals surface area contributed by atoms with Crippen molar-refractivity contribution in [1.82, 2.24) is 0 Å². The zero-order valence-electron chi connectivity index (χ0n) is 24.4. The van der Waals surface area contributed by atoms with E-state index < -0.39 is 23.4 Å². The quantitative estimate of drug-likeness (QED) is 0.190. The van der Waals surface area contributed by atoms with Gasteiger partial charge in [-0.3, -0.25) is 4.79 Å². The zero-order valence-corrected chi connectivity index (χ0v) is 25.2. The number of anilines is 2. The molecule has 232 valence electrons. The molecule has 0 saturated carbocycles. The molecule has 2 heterocycles. The molecule has 1 amide bonds. The van der Waals surface area contributed by atoms with Gasteiger partial charge in [-0.05, 0) is 60.5 Å². The Hall–Kier alpha value is -4.67. The number of methoxy groups -OCH3 is 1. The molecule has 2 unspecified atom stereocenters. The van der Waals surface area contributed by atoms with Crippen molar-refractivity contribution in [3.8, 4) is 22.6 Å². The van der Waals surface area contributed by atoms with E-state index >= 15 is 4.39 Å². The van der Waals surface area contributed by atoms with Gasteiger partial charge < -0.3 is 29.6 Å². The zero-order chi connectivity index (χ0) is 31.7. The van der Waals surface area contributed by atoms with Crippen LogP contribution < -0.4 is 20.1 Å². The molecule has 2 aliphatic rings. The molecule has 45 heavy (non-hydrogen) atoms. The number of carbonyl (C=O) groups excluding carboxylic acids is 2. The van der Waals surface area contributed by atoms with Crippen molar-refractivity contribution in [3.05, 3.63) is 106 Å². The van der Waals surface area contributed by atoms with Crippen LogP contribution in [0.1, 0.15) is 34.8 Å². The van der Waals surface area contributed by atoms with Crippen molar-refractivity contribution in [2.45, 2.75) is 31.7 Å². The summed E-state index contributed by atoms with van der Waals surface area (Å²) >= 11 is 5.91. The van der Waals surface area contributed by atoms with E-state index in [9.17, 15) is 14.0 Å². The molecule has 1 fully saturated rings. The maximum Gasteiger partial charge on any atom is 0.337 e.